The van der Waals surface area contributed by atoms with Gasteiger partial charge in [-0.2, -0.15) is 8.61 Å². The number of rotatable bonds is 7. The molecule has 1 aliphatic heterocycles. The van der Waals surface area contributed by atoms with Gasteiger partial charge in [0.15, 0.2) is 0 Å². The maximum Gasteiger partial charge on any atom is 0.354 e. The van der Waals surface area contributed by atoms with Crippen molar-refractivity contribution in [3.05, 3.63) is 81.4 Å². The number of hydrogen-bond acceptors (Lipinski definition) is 7. The number of benzene rings is 2. The number of nitro benzene ring substituents is 1. The summed E-state index contributed by atoms with van der Waals surface area (Å²) < 4.78 is 1.99. The molecule has 0 radical (unpaired) electrons. The first-order valence-corrected chi connectivity index (χ1v) is 11.3. The van der Waals surface area contributed by atoms with Gasteiger partial charge in [0.2, 0.25) is 0 Å². The van der Waals surface area contributed by atoms with Gasteiger partial charge < -0.3 is 0 Å². The molecule has 2 aromatic rings. The quantitative estimate of drug-likeness (QED) is 0.198. The summed E-state index contributed by atoms with van der Waals surface area (Å²) in [5.41, 5.74) is 1.11. The molecular formula is C21H19N3O5S2. The van der Waals surface area contributed by atoms with Crippen LogP contribution < -0.4 is 0 Å². The van der Waals surface area contributed by atoms with Gasteiger partial charge in [0.05, 0.1) is 4.92 Å². The first-order chi connectivity index (χ1) is 14.9. The van der Waals surface area contributed by atoms with Crippen molar-refractivity contribution < 1.29 is 19.3 Å². The Kier molecular flexibility index (Phi) is 7.13. The number of nitrogens with zero attached hydrogens (tertiary/aromatic N) is 3. The Morgan fingerprint density at radius 2 is 1.32 bits per heavy atom. The molecule has 3 rings (SSSR count). The summed E-state index contributed by atoms with van der Waals surface area (Å²) in [6.07, 6.45) is 0. The van der Waals surface area contributed by atoms with E-state index in [2.05, 4.69) is 0 Å². The van der Waals surface area contributed by atoms with E-state index in [1.807, 2.05) is 0 Å². The smallest absolute Gasteiger partial charge is 0.267 e. The lowest BCUT2D eigenvalue weighted by Gasteiger charge is -2.32. The van der Waals surface area contributed by atoms with Crippen molar-refractivity contribution in [2.75, 3.05) is 11.5 Å². The molecule has 1 heterocycles. The minimum atomic E-state index is -0.702. The number of amides is 4. The maximum atomic E-state index is 13.3. The third kappa shape index (κ3) is 4.49. The average Bonchev–Trinajstić information content (AvgIpc) is 2.78. The summed E-state index contributed by atoms with van der Waals surface area (Å²) in [6.45, 7) is 3.60. The first-order valence-electron chi connectivity index (χ1n) is 9.43. The van der Waals surface area contributed by atoms with Crippen LogP contribution >= 0.6 is 23.9 Å². The van der Waals surface area contributed by atoms with Gasteiger partial charge in [-0.1, -0.05) is 44.2 Å². The van der Waals surface area contributed by atoms with E-state index in [1.165, 1.54) is 24.3 Å². The third-order valence-corrected chi connectivity index (χ3v) is 6.02. The zero-order valence-corrected chi connectivity index (χ0v) is 18.4. The van der Waals surface area contributed by atoms with Crippen molar-refractivity contribution in [2.45, 2.75) is 13.8 Å². The van der Waals surface area contributed by atoms with Crippen molar-refractivity contribution in [3.8, 4) is 0 Å². The number of non-ortho nitro benzene ring substituents is 1. The summed E-state index contributed by atoms with van der Waals surface area (Å²) in [5.74, 6) is -0.483. The molecule has 0 saturated carbocycles. The van der Waals surface area contributed by atoms with Crippen LogP contribution in [0.5, 0.6) is 0 Å². The number of imide groups is 2. The van der Waals surface area contributed by atoms with Crippen LogP contribution in [0, 0.1) is 10.1 Å². The van der Waals surface area contributed by atoms with E-state index in [0.717, 1.165) is 32.5 Å². The molecule has 0 bridgehead atoms. The number of barbiturate groups is 1. The highest BCUT2D eigenvalue weighted by atomic mass is 32.2. The van der Waals surface area contributed by atoms with E-state index in [0.29, 0.717) is 28.2 Å². The Labute approximate surface area is 187 Å². The van der Waals surface area contributed by atoms with E-state index in [1.54, 1.807) is 44.2 Å². The van der Waals surface area contributed by atoms with E-state index >= 15 is 0 Å². The van der Waals surface area contributed by atoms with Crippen LogP contribution in [-0.2, 0) is 9.59 Å². The maximum absolute atomic E-state index is 13.3. The standard InChI is InChI=1S/C21H19N3O5S2/c1-3-30-22-19(25)18(20(26)23(21(22)27)31-4-2)17(14-8-6-5-7-9-14)15-10-12-16(13-11-15)24(28)29/h5-13H,3-4H2,1-2H3. The largest absolute Gasteiger partial charge is 0.354 e. The van der Waals surface area contributed by atoms with Crippen LogP contribution in [0.25, 0.3) is 5.57 Å². The van der Waals surface area contributed by atoms with Crippen molar-refractivity contribution in [3.63, 3.8) is 0 Å². The van der Waals surface area contributed by atoms with Gasteiger partial charge in [0.25, 0.3) is 17.5 Å². The Hall–Kier alpha value is -3.11. The number of hydrogen-bond donors (Lipinski definition) is 0. The molecule has 2 aromatic carbocycles. The van der Waals surface area contributed by atoms with Crippen molar-refractivity contribution in [1.82, 2.24) is 8.61 Å². The number of urea groups is 1. The minimum absolute atomic E-state index is 0.107. The fourth-order valence-corrected chi connectivity index (χ4v) is 4.43. The van der Waals surface area contributed by atoms with Crippen LogP contribution in [0.15, 0.2) is 60.2 Å². The van der Waals surface area contributed by atoms with Crippen molar-refractivity contribution in [2.24, 2.45) is 0 Å². The predicted octanol–water partition coefficient (Wildman–Crippen LogP) is 4.52. The van der Waals surface area contributed by atoms with Crippen LogP contribution in [0.3, 0.4) is 0 Å². The molecule has 0 N–H and O–H groups in total. The molecule has 1 saturated heterocycles. The summed E-state index contributed by atoms with van der Waals surface area (Å²) in [6, 6.07) is 13.8. The van der Waals surface area contributed by atoms with Gasteiger partial charge in [0, 0.05) is 29.2 Å². The fraction of sp³-hybridized carbons (Fsp3) is 0.190. The lowest BCUT2D eigenvalue weighted by Crippen LogP contribution is -2.51. The molecule has 31 heavy (non-hydrogen) atoms. The number of carbonyl (C=O) groups excluding carboxylic acids is 3. The van der Waals surface area contributed by atoms with Crippen LogP contribution in [0.1, 0.15) is 25.0 Å². The third-order valence-electron chi connectivity index (χ3n) is 4.34. The van der Waals surface area contributed by atoms with Crippen molar-refractivity contribution in [1.29, 1.82) is 0 Å². The second-order valence-corrected chi connectivity index (χ2v) is 8.64. The Morgan fingerprint density at radius 3 is 1.77 bits per heavy atom. The SMILES string of the molecule is CCSN1C(=O)C(=C(c2ccccc2)c2ccc([N+](=O)[O-])cc2)C(=O)N(SCC)C1=O. The Balaban J connectivity index is 2.28. The molecule has 0 unspecified atom stereocenters. The first kappa shape index (κ1) is 22.6. The fourth-order valence-electron chi connectivity index (χ4n) is 3.06. The monoisotopic (exact) mass is 457 g/mol. The molecule has 0 aliphatic carbocycles. The summed E-state index contributed by atoms with van der Waals surface area (Å²) in [4.78, 5) is 49.9. The summed E-state index contributed by atoms with van der Waals surface area (Å²) in [5, 5.41) is 11.1. The molecule has 10 heteroatoms. The number of nitro groups is 1. The van der Waals surface area contributed by atoms with Gasteiger partial charge in [-0.05, 0) is 47.2 Å². The molecule has 0 atom stereocenters. The molecule has 8 nitrogen and oxygen atoms in total. The average molecular weight is 458 g/mol. The molecule has 1 fully saturated rings. The van der Waals surface area contributed by atoms with E-state index in [9.17, 15) is 24.5 Å². The van der Waals surface area contributed by atoms with E-state index in [4.69, 9.17) is 0 Å². The Morgan fingerprint density at radius 1 is 0.839 bits per heavy atom. The molecule has 0 spiro atoms. The number of carbonyl (C=O) groups is 3. The predicted molar refractivity (Wildman–Crippen MR) is 121 cm³/mol. The minimum Gasteiger partial charge on any atom is -0.267 e. The van der Waals surface area contributed by atoms with Gasteiger partial charge >= 0.3 is 6.03 Å². The lowest BCUT2D eigenvalue weighted by atomic mass is 9.91. The zero-order valence-electron chi connectivity index (χ0n) is 16.8. The van der Waals surface area contributed by atoms with Crippen LogP contribution in [0.4, 0.5) is 10.5 Å². The van der Waals surface area contributed by atoms with Gasteiger partial charge in [-0.3, -0.25) is 19.7 Å². The van der Waals surface area contributed by atoms with Gasteiger partial charge in [0.1, 0.15) is 5.57 Å². The molecule has 160 valence electrons. The van der Waals surface area contributed by atoms with E-state index in [-0.39, 0.29) is 11.3 Å². The normalized spacial score (nSPS) is 14.3. The van der Waals surface area contributed by atoms with Gasteiger partial charge in [-0.25, -0.2) is 4.79 Å². The highest BCUT2D eigenvalue weighted by Crippen LogP contribution is 2.36. The second-order valence-electron chi connectivity index (χ2n) is 6.24. The molecule has 1 aliphatic rings. The van der Waals surface area contributed by atoms with Crippen LogP contribution in [-0.4, -0.2) is 42.9 Å². The van der Waals surface area contributed by atoms with E-state index < -0.39 is 22.8 Å². The molecular weight excluding hydrogens is 438 g/mol. The van der Waals surface area contributed by atoms with Crippen molar-refractivity contribution >= 4 is 53.0 Å². The second kappa shape index (κ2) is 9.80. The summed E-state index contributed by atoms with van der Waals surface area (Å²) in [7, 11) is 0. The highest BCUT2D eigenvalue weighted by molar-refractivity contribution is 7.99. The highest BCUT2D eigenvalue weighted by Gasteiger charge is 2.44. The molecule has 0 aromatic heterocycles. The lowest BCUT2D eigenvalue weighted by molar-refractivity contribution is -0.384. The Bertz CT molecular complexity index is 1020. The zero-order chi connectivity index (χ0) is 22.5. The van der Waals surface area contributed by atoms with Gasteiger partial charge in [-0.15, -0.1) is 0 Å². The summed E-state index contributed by atoms with van der Waals surface area (Å²) >= 11 is 2.04. The van der Waals surface area contributed by atoms with Crippen LogP contribution in [0.2, 0.25) is 0 Å². The topological polar surface area (TPSA) is 101 Å². The molecule has 4 amide bonds.